The highest BCUT2D eigenvalue weighted by Gasteiger charge is 2.60. The number of methoxy groups -OCH3 is 1. The lowest BCUT2D eigenvalue weighted by Crippen LogP contribution is -2.40. The summed E-state index contributed by atoms with van der Waals surface area (Å²) in [6.07, 6.45) is 4.64. The minimum absolute atomic E-state index is 0.0918. The number of nitrogens with one attached hydrogen (secondary N) is 1. The van der Waals surface area contributed by atoms with Gasteiger partial charge in [0.1, 0.15) is 11.5 Å². The molecule has 1 aliphatic carbocycles. The van der Waals surface area contributed by atoms with Crippen molar-refractivity contribution in [1.82, 2.24) is 9.97 Å². The standard InChI is InChI=1S/C19H20FN5O2S/c1-18(19(5-6-19)10-28-17(21)25-18)12-7-11(3-4-13(12)20)24-16(26)14-8-23-15(27-2)9-22-14/h3-4,7-9H,5-6,10H2,1-2H3,(H2,21,25)(H,24,26)/t18-/m1/s1. The number of aromatic nitrogens is 2. The molecule has 1 atom stereocenters. The first-order valence-electron chi connectivity index (χ1n) is 8.82. The first-order valence-corrected chi connectivity index (χ1v) is 9.81. The van der Waals surface area contributed by atoms with Gasteiger partial charge in [-0.2, -0.15) is 0 Å². The van der Waals surface area contributed by atoms with Crippen molar-refractivity contribution >= 4 is 28.5 Å². The zero-order valence-electron chi connectivity index (χ0n) is 15.5. The number of amides is 1. The maximum Gasteiger partial charge on any atom is 0.275 e. The van der Waals surface area contributed by atoms with Crippen LogP contribution in [0.5, 0.6) is 5.88 Å². The summed E-state index contributed by atoms with van der Waals surface area (Å²) in [6, 6.07) is 4.50. The van der Waals surface area contributed by atoms with Gasteiger partial charge in [-0.05, 0) is 38.0 Å². The Balaban J connectivity index is 1.64. The fourth-order valence-corrected chi connectivity index (χ4v) is 4.80. The number of carbonyl (C=O) groups is 1. The Bertz CT molecular complexity index is 961. The molecule has 1 amide bonds. The topological polar surface area (TPSA) is 102 Å². The van der Waals surface area contributed by atoms with E-state index in [0.717, 1.165) is 18.6 Å². The SMILES string of the molecule is COc1cnc(C(=O)Nc2ccc(F)c([C@@]3(C)N=C(N)SCC34CC4)c2)cn1. The molecule has 3 N–H and O–H groups in total. The maximum atomic E-state index is 14.8. The molecule has 1 spiro atoms. The van der Waals surface area contributed by atoms with Crippen LogP contribution in [0.15, 0.2) is 35.6 Å². The zero-order valence-corrected chi connectivity index (χ0v) is 16.3. The van der Waals surface area contributed by atoms with Crippen LogP contribution in [0.3, 0.4) is 0 Å². The molecule has 1 fully saturated rings. The molecule has 146 valence electrons. The number of nitrogens with two attached hydrogens (primary N) is 1. The molecule has 7 nitrogen and oxygen atoms in total. The number of amidine groups is 1. The summed E-state index contributed by atoms with van der Waals surface area (Å²) in [5, 5.41) is 3.21. The number of thioether (sulfide) groups is 1. The van der Waals surface area contributed by atoms with Gasteiger partial charge in [0.05, 0.1) is 25.0 Å². The van der Waals surface area contributed by atoms with Gasteiger partial charge in [-0.3, -0.25) is 9.79 Å². The van der Waals surface area contributed by atoms with E-state index >= 15 is 0 Å². The van der Waals surface area contributed by atoms with Crippen molar-refractivity contribution in [2.24, 2.45) is 16.1 Å². The number of halogens is 1. The number of nitrogens with zero attached hydrogens (tertiary/aromatic N) is 3. The van der Waals surface area contributed by atoms with Crippen molar-refractivity contribution in [1.29, 1.82) is 0 Å². The lowest BCUT2D eigenvalue weighted by Gasteiger charge is -2.39. The molecule has 1 aliphatic heterocycles. The van der Waals surface area contributed by atoms with Crippen molar-refractivity contribution in [2.45, 2.75) is 25.3 Å². The van der Waals surface area contributed by atoms with Gasteiger partial charge in [0, 0.05) is 22.4 Å². The largest absolute Gasteiger partial charge is 0.480 e. The van der Waals surface area contributed by atoms with Crippen molar-refractivity contribution < 1.29 is 13.9 Å². The Labute approximate surface area is 166 Å². The number of carbonyl (C=O) groups excluding carboxylic acids is 1. The van der Waals surface area contributed by atoms with Gasteiger partial charge in [0.15, 0.2) is 5.17 Å². The Hall–Kier alpha value is -2.68. The molecule has 0 radical (unpaired) electrons. The molecule has 1 aromatic carbocycles. The monoisotopic (exact) mass is 401 g/mol. The highest BCUT2D eigenvalue weighted by Crippen LogP contribution is 2.63. The van der Waals surface area contributed by atoms with Crippen molar-refractivity contribution in [2.75, 3.05) is 18.2 Å². The van der Waals surface area contributed by atoms with Gasteiger partial charge in [0.2, 0.25) is 5.88 Å². The predicted molar refractivity (Wildman–Crippen MR) is 106 cm³/mol. The average molecular weight is 401 g/mol. The summed E-state index contributed by atoms with van der Waals surface area (Å²) < 4.78 is 19.7. The summed E-state index contributed by atoms with van der Waals surface area (Å²) in [7, 11) is 1.47. The van der Waals surface area contributed by atoms with Crippen molar-refractivity contribution in [3.05, 3.63) is 47.7 Å². The third-order valence-electron chi connectivity index (χ3n) is 5.53. The van der Waals surface area contributed by atoms with E-state index in [9.17, 15) is 9.18 Å². The van der Waals surface area contributed by atoms with Crippen LogP contribution in [0, 0.1) is 11.2 Å². The highest BCUT2D eigenvalue weighted by atomic mass is 32.2. The molecule has 2 heterocycles. The second-order valence-corrected chi connectivity index (χ2v) is 8.18. The average Bonchev–Trinajstić information content (AvgIpc) is 3.48. The molecule has 4 rings (SSSR count). The summed E-state index contributed by atoms with van der Waals surface area (Å²) in [6.45, 7) is 1.92. The Kier molecular flexibility index (Phi) is 4.49. The van der Waals surface area contributed by atoms with Crippen LogP contribution < -0.4 is 15.8 Å². The lowest BCUT2D eigenvalue weighted by atomic mass is 9.77. The van der Waals surface area contributed by atoms with E-state index in [4.69, 9.17) is 10.5 Å². The number of benzene rings is 1. The van der Waals surface area contributed by atoms with Crippen molar-refractivity contribution in [3.63, 3.8) is 0 Å². The van der Waals surface area contributed by atoms with Crippen LogP contribution in [0.4, 0.5) is 10.1 Å². The minimum Gasteiger partial charge on any atom is -0.480 e. The molecule has 1 saturated carbocycles. The Morgan fingerprint density at radius 3 is 2.75 bits per heavy atom. The van der Waals surface area contributed by atoms with Crippen LogP contribution in [-0.4, -0.2) is 33.9 Å². The molecule has 2 aromatic rings. The van der Waals surface area contributed by atoms with Gasteiger partial charge in [-0.1, -0.05) is 11.8 Å². The van der Waals surface area contributed by atoms with E-state index in [0.29, 0.717) is 22.3 Å². The fourth-order valence-electron chi connectivity index (χ4n) is 3.56. The Morgan fingerprint density at radius 1 is 1.32 bits per heavy atom. The van der Waals surface area contributed by atoms with Crippen LogP contribution in [-0.2, 0) is 5.54 Å². The minimum atomic E-state index is -0.757. The lowest BCUT2D eigenvalue weighted by molar-refractivity contribution is 0.102. The molecule has 28 heavy (non-hydrogen) atoms. The first-order chi connectivity index (χ1) is 13.4. The molecular weight excluding hydrogens is 381 g/mol. The number of hydrogen-bond donors (Lipinski definition) is 2. The maximum absolute atomic E-state index is 14.8. The normalized spacial score (nSPS) is 22.5. The van der Waals surface area contributed by atoms with E-state index < -0.39 is 11.4 Å². The van der Waals surface area contributed by atoms with Crippen LogP contribution in [0.25, 0.3) is 0 Å². The van der Waals surface area contributed by atoms with E-state index in [1.54, 1.807) is 6.07 Å². The molecule has 1 aromatic heterocycles. The van der Waals surface area contributed by atoms with Gasteiger partial charge in [-0.25, -0.2) is 14.4 Å². The zero-order chi connectivity index (χ0) is 19.9. The molecular formula is C19H20FN5O2S. The van der Waals surface area contributed by atoms with Crippen LogP contribution in [0.2, 0.25) is 0 Å². The van der Waals surface area contributed by atoms with Crippen LogP contribution >= 0.6 is 11.8 Å². The van der Waals surface area contributed by atoms with Gasteiger partial charge in [0.25, 0.3) is 5.91 Å². The highest BCUT2D eigenvalue weighted by molar-refractivity contribution is 8.13. The number of rotatable bonds is 4. The van der Waals surface area contributed by atoms with E-state index in [-0.39, 0.29) is 16.9 Å². The summed E-state index contributed by atoms with van der Waals surface area (Å²) in [5.41, 5.74) is 6.14. The summed E-state index contributed by atoms with van der Waals surface area (Å²) in [5.74, 6) is 0.325. The predicted octanol–water partition coefficient (Wildman–Crippen LogP) is 2.93. The molecule has 0 unspecified atom stereocenters. The molecule has 9 heteroatoms. The van der Waals surface area contributed by atoms with Crippen LogP contribution in [0.1, 0.15) is 35.8 Å². The van der Waals surface area contributed by atoms with Crippen molar-refractivity contribution in [3.8, 4) is 5.88 Å². The van der Waals surface area contributed by atoms with Gasteiger partial charge < -0.3 is 15.8 Å². The fraction of sp³-hybridized carbons (Fsp3) is 0.368. The second kappa shape index (κ2) is 6.73. The quantitative estimate of drug-likeness (QED) is 0.817. The number of anilines is 1. The smallest absolute Gasteiger partial charge is 0.275 e. The van der Waals surface area contributed by atoms with E-state index in [1.165, 1.54) is 43.4 Å². The third kappa shape index (κ3) is 3.09. The summed E-state index contributed by atoms with van der Waals surface area (Å²) >= 11 is 1.52. The number of aliphatic imine (C=N–C) groups is 1. The second-order valence-electron chi connectivity index (χ2n) is 7.18. The first kappa shape index (κ1) is 18.7. The molecule has 2 aliphatic rings. The summed E-state index contributed by atoms with van der Waals surface area (Å²) in [4.78, 5) is 25.1. The Morgan fingerprint density at radius 2 is 2.11 bits per heavy atom. The van der Waals surface area contributed by atoms with E-state index in [1.807, 2.05) is 6.92 Å². The number of hydrogen-bond acceptors (Lipinski definition) is 7. The molecule has 0 saturated heterocycles. The van der Waals surface area contributed by atoms with Gasteiger partial charge in [-0.15, -0.1) is 0 Å². The number of ether oxygens (including phenoxy) is 1. The molecule has 0 bridgehead atoms. The van der Waals surface area contributed by atoms with Gasteiger partial charge >= 0.3 is 0 Å². The third-order valence-corrected chi connectivity index (χ3v) is 6.62. The van der Waals surface area contributed by atoms with E-state index in [2.05, 4.69) is 20.3 Å².